The van der Waals surface area contributed by atoms with Gasteiger partial charge in [-0.05, 0) is 44.0 Å². The van der Waals surface area contributed by atoms with Crippen molar-refractivity contribution in [3.05, 3.63) is 57.1 Å². The summed E-state index contributed by atoms with van der Waals surface area (Å²) in [6.45, 7) is 5.04. The molecule has 0 radical (unpaired) electrons. The summed E-state index contributed by atoms with van der Waals surface area (Å²) < 4.78 is 10.3. The second-order valence-electron chi connectivity index (χ2n) is 6.03. The molecule has 0 heterocycles. The highest BCUT2D eigenvalue weighted by Gasteiger charge is 2.36. The van der Waals surface area contributed by atoms with E-state index < -0.39 is 17.5 Å². The lowest BCUT2D eigenvalue weighted by molar-refractivity contribution is 0.0521. The van der Waals surface area contributed by atoms with Crippen molar-refractivity contribution in [3.8, 4) is 11.5 Å². The number of carbonyl (C=O) groups is 3. The van der Waals surface area contributed by atoms with Crippen molar-refractivity contribution in [3.63, 3.8) is 0 Å². The molecule has 0 fully saturated rings. The van der Waals surface area contributed by atoms with Crippen molar-refractivity contribution in [2.24, 2.45) is 0 Å². The Labute approximate surface area is 150 Å². The van der Waals surface area contributed by atoms with Crippen LogP contribution in [0.5, 0.6) is 11.5 Å². The molecule has 1 N–H and O–H groups in total. The number of aryl methyl sites for hydroxylation is 1. The van der Waals surface area contributed by atoms with Gasteiger partial charge in [0.05, 0.1) is 19.3 Å². The van der Waals surface area contributed by atoms with Crippen molar-refractivity contribution in [2.45, 2.75) is 20.8 Å². The molecule has 0 aliphatic heterocycles. The fraction of sp³-hybridized carbons (Fsp3) is 0.250. The van der Waals surface area contributed by atoms with Crippen LogP contribution in [0, 0.1) is 13.8 Å². The van der Waals surface area contributed by atoms with Gasteiger partial charge in [-0.1, -0.05) is 6.07 Å². The molecule has 134 valence electrons. The summed E-state index contributed by atoms with van der Waals surface area (Å²) in [5.74, 6) is -1.59. The number of esters is 1. The number of ether oxygens (including phenoxy) is 2. The SMILES string of the molecule is CCOC(=O)c1c(OC)cc2c(c1C)C(=O)c1c(ccc(C)c1O)C2=O. The van der Waals surface area contributed by atoms with Crippen molar-refractivity contribution in [2.75, 3.05) is 13.7 Å². The van der Waals surface area contributed by atoms with E-state index >= 15 is 0 Å². The van der Waals surface area contributed by atoms with Crippen LogP contribution >= 0.6 is 0 Å². The van der Waals surface area contributed by atoms with E-state index in [1.165, 1.54) is 19.2 Å². The maximum atomic E-state index is 13.1. The number of fused-ring (bicyclic) bond motifs is 2. The molecule has 1 aliphatic rings. The fourth-order valence-corrected chi connectivity index (χ4v) is 3.26. The summed E-state index contributed by atoms with van der Waals surface area (Å²) in [6.07, 6.45) is 0. The molecule has 0 bridgehead atoms. The lowest BCUT2D eigenvalue weighted by Crippen LogP contribution is -2.24. The molecule has 0 saturated carbocycles. The molecule has 2 aromatic rings. The average molecular weight is 354 g/mol. The number of rotatable bonds is 3. The van der Waals surface area contributed by atoms with E-state index in [1.54, 1.807) is 26.8 Å². The van der Waals surface area contributed by atoms with Crippen LogP contribution < -0.4 is 4.74 Å². The van der Waals surface area contributed by atoms with Crippen molar-refractivity contribution in [1.29, 1.82) is 0 Å². The summed E-state index contributed by atoms with van der Waals surface area (Å²) in [5, 5.41) is 10.3. The van der Waals surface area contributed by atoms with Crippen LogP contribution in [0.2, 0.25) is 0 Å². The van der Waals surface area contributed by atoms with Crippen molar-refractivity contribution >= 4 is 17.5 Å². The molecule has 6 heteroatoms. The molecule has 2 aromatic carbocycles. The molecule has 0 atom stereocenters. The highest BCUT2D eigenvalue weighted by molar-refractivity contribution is 6.30. The first-order valence-electron chi connectivity index (χ1n) is 8.14. The predicted molar refractivity (Wildman–Crippen MR) is 93.4 cm³/mol. The van der Waals surface area contributed by atoms with Gasteiger partial charge >= 0.3 is 5.97 Å². The van der Waals surface area contributed by atoms with Gasteiger partial charge in [0.15, 0.2) is 11.6 Å². The van der Waals surface area contributed by atoms with E-state index in [2.05, 4.69) is 0 Å². The lowest BCUT2D eigenvalue weighted by atomic mass is 9.79. The van der Waals surface area contributed by atoms with E-state index in [1.807, 2.05) is 0 Å². The summed E-state index contributed by atoms with van der Waals surface area (Å²) in [4.78, 5) is 38.3. The van der Waals surface area contributed by atoms with E-state index in [4.69, 9.17) is 9.47 Å². The van der Waals surface area contributed by atoms with Gasteiger partial charge in [0.2, 0.25) is 0 Å². The van der Waals surface area contributed by atoms with E-state index in [-0.39, 0.29) is 45.9 Å². The van der Waals surface area contributed by atoms with Crippen LogP contribution in [-0.4, -0.2) is 36.4 Å². The largest absolute Gasteiger partial charge is 0.507 e. The van der Waals surface area contributed by atoms with Gasteiger partial charge in [-0.15, -0.1) is 0 Å². The van der Waals surface area contributed by atoms with E-state index in [0.717, 1.165) is 0 Å². The minimum absolute atomic E-state index is 0.0365. The Hall–Kier alpha value is -3.15. The number of phenols is 1. The monoisotopic (exact) mass is 354 g/mol. The van der Waals surface area contributed by atoms with Gasteiger partial charge in [0, 0.05) is 16.7 Å². The number of methoxy groups -OCH3 is 1. The Kier molecular flexibility index (Phi) is 4.28. The Morgan fingerprint density at radius 1 is 1.08 bits per heavy atom. The average Bonchev–Trinajstić information content (AvgIpc) is 2.61. The van der Waals surface area contributed by atoms with Gasteiger partial charge in [-0.25, -0.2) is 4.79 Å². The molecule has 0 saturated heterocycles. The van der Waals surface area contributed by atoms with Crippen LogP contribution in [0.4, 0.5) is 0 Å². The highest BCUT2D eigenvalue weighted by atomic mass is 16.5. The van der Waals surface area contributed by atoms with Gasteiger partial charge in [0.25, 0.3) is 0 Å². The second kappa shape index (κ2) is 6.29. The number of carbonyl (C=O) groups excluding carboxylic acids is 3. The molecule has 0 spiro atoms. The summed E-state index contributed by atoms with van der Waals surface area (Å²) in [7, 11) is 1.38. The van der Waals surface area contributed by atoms with Gasteiger partial charge in [-0.3, -0.25) is 9.59 Å². The number of phenolic OH excluding ortho intramolecular Hbond substituents is 1. The predicted octanol–water partition coefficient (Wildman–Crippen LogP) is 2.97. The summed E-state index contributed by atoms with van der Waals surface area (Å²) in [5.41, 5.74) is 1.22. The fourth-order valence-electron chi connectivity index (χ4n) is 3.26. The molecular weight excluding hydrogens is 336 g/mol. The van der Waals surface area contributed by atoms with Crippen LogP contribution in [0.15, 0.2) is 18.2 Å². The van der Waals surface area contributed by atoms with Crippen LogP contribution in [0.1, 0.15) is 60.3 Å². The number of benzene rings is 2. The first kappa shape index (κ1) is 17.7. The third-order valence-electron chi connectivity index (χ3n) is 4.56. The standard InChI is InChI=1S/C20H18O6/c1-5-26-20(24)15-10(3)14-12(8-13(15)25-4)18(22)11-7-6-9(2)17(21)16(11)19(14)23/h6-8,21H,5H2,1-4H3. The number of hydrogen-bond acceptors (Lipinski definition) is 6. The topological polar surface area (TPSA) is 89.9 Å². The highest BCUT2D eigenvalue weighted by Crippen LogP contribution is 2.39. The van der Waals surface area contributed by atoms with E-state index in [9.17, 15) is 19.5 Å². The third-order valence-corrected chi connectivity index (χ3v) is 4.56. The maximum Gasteiger partial charge on any atom is 0.342 e. The number of hydrogen-bond donors (Lipinski definition) is 1. The van der Waals surface area contributed by atoms with Gasteiger partial charge in [-0.2, -0.15) is 0 Å². The van der Waals surface area contributed by atoms with Gasteiger partial charge < -0.3 is 14.6 Å². The zero-order valence-electron chi connectivity index (χ0n) is 14.9. The number of aromatic hydroxyl groups is 1. The zero-order chi connectivity index (χ0) is 19.2. The molecule has 6 nitrogen and oxygen atoms in total. The minimum Gasteiger partial charge on any atom is -0.507 e. The first-order valence-corrected chi connectivity index (χ1v) is 8.14. The molecular formula is C20H18O6. The number of ketones is 2. The lowest BCUT2D eigenvalue weighted by Gasteiger charge is -2.23. The Morgan fingerprint density at radius 3 is 2.38 bits per heavy atom. The van der Waals surface area contributed by atoms with Gasteiger partial charge in [0.1, 0.15) is 17.1 Å². The smallest absolute Gasteiger partial charge is 0.342 e. The van der Waals surface area contributed by atoms with Crippen molar-refractivity contribution < 1.29 is 29.0 Å². The van der Waals surface area contributed by atoms with Crippen molar-refractivity contribution in [1.82, 2.24) is 0 Å². The Balaban J connectivity index is 2.34. The molecule has 0 unspecified atom stereocenters. The normalized spacial score (nSPS) is 12.5. The molecule has 26 heavy (non-hydrogen) atoms. The Bertz CT molecular complexity index is 971. The third kappa shape index (κ3) is 2.37. The van der Waals surface area contributed by atoms with E-state index in [0.29, 0.717) is 11.1 Å². The van der Waals surface area contributed by atoms with Crippen LogP contribution in [0.25, 0.3) is 0 Å². The second-order valence-corrected chi connectivity index (χ2v) is 6.03. The van der Waals surface area contributed by atoms with Crippen LogP contribution in [-0.2, 0) is 4.74 Å². The summed E-state index contributed by atoms with van der Waals surface area (Å²) >= 11 is 0. The first-order chi connectivity index (χ1) is 12.3. The molecule has 0 aromatic heterocycles. The Morgan fingerprint density at radius 2 is 1.77 bits per heavy atom. The minimum atomic E-state index is -0.635. The molecule has 1 aliphatic carbocycles. The molecule has 0 amide bonds. The molecule has 3 rings (SSSR count). The maximum absolute atomic E-state index is 13.1. The quantitative estimate of drug-likeness (QED) is 0.727. The van der Waals surface area contributed by atoms with Crippen LogP contribution in [0.3, 0.4) is 0 Å². The zero-order valence-corrected chi connectivity index (χ0v) is 14.9. The summed E-state index contributed by atoms with van der Waals surface area (Å²) in [6, 6.07) is 4.49.